The number of carbonyl (C=O) groups is 2. The van der Waals surface area contributed by atoms with Gasteiger partial charge in [0.05, 0.1) is 36.1 Å². The van der Waals surface area contributed by atoms with Crippen LogP contribution in [0.1, 0.15) is 88.5 Å². The minimum atomic E-state index is -1.49. The molecule has 10 atom stereocenters. The van der Waals surface area contributed by atoms with E-state index < -0.39 is 72.2 Å². The Hall–Kier alpha value is -1.60. The lowest BCUT2D eigenvalue weighted by molar-refractivity contribution is -0.334. The lowest BCUT2D eigenvalue weighted by Gasteiger charge is -2.51. The molecule has 0 saturated carbocycles. The van der Waals surface area contributed by atoms with Gasteiger partial charge in [-0.15, -0.1) is 0 Å². The van der Waals surface area contributed by atoms with Gasteiger partial charge in [0, 0.05) is 19.3 Å². The predicted molar refractivity (Wildman–Crippen MR) is 152 cm³/mol. The van der Waals surface area contributed by atoms with Crippen molar-refractivity contribution in [1.29, 1.82) is 0 Å². The summed E-state index contributed by atoms with van der Waals surface area (Å²) >= 11 is 0. The third-order valence-corrected chi connectivity index (χ3v) is 8.51. The minimum Gasteiger partial charge on any atom is -0.479 e. The Balaban J connectivity index is 2.37. The topological polar surface area (TPSA) is 153 Å². The summed E-state index contributed by atoms with van der Waals surface area (Å²) in [6, 6.07) is -0.809. The number of rotatable bonds is 12. The van der Waals surface area contributed by atoms with Gasteiger partial charge in [-0.3, -0.25) is 4.79 Å². The smallest absolute Gasteiger partial charge is 0.335 e. The Morgan fingerprint density at radius 1 is 1.07 bits per heavy atom. The highest BCUT2D eigenvalue weighted by atomic mass is 16.7. The van der Waals surface area contributed by atoms with E-state index in [2.05, 4.69) is 26.1 Å². The van der Waals surface area contributed by atoms with E-state index in [0.29, 0.717) is 12.8 Å². The van der Waals surface area contributed by atoms with Crippen molar-refractivity contribution in [1.82, 2.24) is 5.32 Å². The first kappa shape index (κ1) is 35.6. The van der Waals surface area contributed by atoms with Crippen molar-refractivity contribution in [3.8, 4) is 0 Å². The second-order valence-electron chi connectivity index (χ2n) is 13.1. The van der Waals surface area contributed by atoms with E-state index in [1.165, 1.54) is 6.92 Å². The van der Waals surface area contributed by atoms with Gasteiger partial charge in [0.15, 0.2) is 18.7 Å². The highest BCUT2D eigenvalue weighted by Crippen LogP contribution is 2.41. The van der Waals surface area contributed by atoms with Crippen LogP contribution in [0.15, 0.2) is 12.2 Å². The molecule has 41 heavy (non-hydrogen) atoms. The first-order chi connectivity index (χ1) is 18.9. The number of ether oxygens (including phenoxy) is 5. The number of carboxylic acids is 1. The molecular formula is C30H53NO10. The minimum absolute atomic E-state index is 0.0605. The lowest BCUT2D eigenvalue weighted by Crippen LogP contribution is -2.66. The van der Waals surface area contributed by atoms with Crippen LogP contribution in [0, 0.1) is 11.3 Å². The largest absolute Gasteiger partial charge is 0.479 e. The summed E-state index contributed by atoms with van der Waals surface area (Å²) in [5.74, 6) is -2.08. The Morgan fingerprint density at radius 3 is 2.20 bits per heavy atom. The van der Waals surface area contributed by atoms with E-state index in [-0.39, 0.29) is 24.3 Å². The van der Waals surface area contributed by atoms with Crippen molar-refractivity contribution >= 4 is 11.9 Å². The molecule has 1 amide bonds. The zero-order valence-corrected chi connectivity index (χ0v) is 26.4. The van der Waals surface area contributed by atoms with E-state index in [9.17, 15) is 24.9 Å². The van der Waals surface area contributed by atoms with Crippen LogP contribution in [0.4, 0.5) is 0 Å². The maximum Gasteiger partial charge on any atom is 0.335 e. The maximum atomic E-state index is 12.3. The molecule has 0 radical (unpaired) electrons. The Kier molecular flexibility index (Phi) is 12.4. The average molecular weight is 588 g/mol. The molecule has 0 aliphatic carbocycles. The molecule has 0 aromatic heterocycles. The number of carbonyl (C=O) groups excluding carboxylic acids is 1. The monoisotopic (exact) mass is 587 g/mol. The molecule has 2 rings (SSSR count). The number of hydrogen-bond acceptors (Lipinski definition) is 9. The molecule has 2 saturated heterocycles. The van der Waals surface area contributed by atoms with Gasteiger partial charge in [-0.05, 0) is 46.0 Å². The summed E-state index contributed by atoms with van der Waals surface area (Å²) in [4.78, 5) is 24.6. The molecule has 11 heteroatoms. The average Bonchev–Trinajstić information content (AvgIpc) is 2.86. The first-order valence-electron chi connectivity index (χ1n) is 14.6. The molecule has 0 aromatic carbocycles. The van der Waals surface area contributed by atoms with Crippen molar-refractivity contribution < 1.29 is 48.6 Å². The van der Waals surface area contributed by atoms with Crippen molar-refractivity contribution in [2.75, 3.05) is 6.61 Å². The fourth-order valence-electron chi connectivity index (χ4n) is 5.27. The van der Waals surface area contributed by atoms with Crippen LogP contribution < -0.4 is 5.32 Å². The van der Waals surface area contributed by atoms with Crippen molar-refractivity contribution in [2.45, 2.75) is 149 Å². The zero-order chi connectivity index (χ0) is 31.3. The molecule has 4 N–H and O–H groups in total. The van der Waals surface area contributed by atoms with Crippen LogP contribution in [0.5, 0.6) is 0 Å². The van der Waals surface area contributed by atoms with Crippen LogP contribution in [0.3, 0.4) is 0 Å². The SMILES string of the molecule is C/C=C\CC(C)(C)OC1C(O)CC(OC2C(C)C(CO)OC(OC(C)(CC)C(C)(C)C)C2NC(C)=O)OC1C(=O)O. The fraction of sp³-hybridized carbons (Fsp3) is 0.867. The third kappa shape index (κ3) is 8.95. The summed E-state index contributed by atoms with van der Waals surface area (Å²) in [5, 5.41) is 34.1. The van der Waals surface area contributed by atoms with Gasteiger partial charge in [0.1, 0.15) is 12.1 Å². The van der Waals surface area contributed by atoms with Gasteiger partial charge >= 0.3 is 5.97 Å². The number of hydrogen-bond donors (Lipinski definition) is 4. The number of amides is 1. The lowest BCUT2D eigenvalue weighted by atomic mass is 9.75. The number of nitrogens with one attached hydrogen (secondary N) is 1. The third-order valence-electron chi connectivity index (χ3n) is 8.51. The molecule has 2 heterocycles. The molecule has 2 fully saturated rings. The second kappa shape index (κ2) is 14.2. The highest BCUT2D eigenvalue weighted by molar-refractivity contribution is 5.73. The fourth-order valence-corrected chi connectivity index (χ4v) is 5.27. The summed E-state index contributed by atoms with van der Waals surface area (Å²) in [7, 11) is 0. The molecule has 0 aromatic rings. The van der Waals surface area contributed by atoms with Gasteiger partial charge < -0.3 is 44.3 Å². The first-order valence-corrected chi connectivity index (χ1v) is 14.6. The summed E-state index contributed by atoms with van der Waals surface area (Å²) in [6.07, 6.45) is -2.52. The quantitative estimate of drug-likeness (QED) is 0.251. The van der Waals surface area contributed by atoms with Gasteiger partial charge in [-0.25, -0.2) is 4.79 Å². The van der Waals surface area contributed by atoms with E-state index in [4.69, 9.17) is 23.7 Å². The molecule has 2 aliphatic heterocycles. The van der Waals surface area contributed by atoms with E-state index in [1.807, 2.05) is 53.7 Å². The van der Waals surface area contributed by atoms with Gasteiger partial charge in [0.25, 0.3) is 0 Å². The van der Waals surface area contributed by atoms with Crippen molar-refractivity contribution in [3.05, 3.63) is 12.2 Å². The molecule has 10 unspecified atom stereocenters. The second-order valence-corrected chi connectivity index (χ2v) is 13.1. The predicted octanol–water partition coefficient (Wildman–Crippen LogP) is 3.15. The normalized spacial score (nSPS) is 34.8. The number of aliphatic hydroxyl groups excluding tert-OH is 2. The summed E-state index contributed by atoms with van der Waals surface area (Å²) in [6.45, 7) is 18.5. The van der Waals surface area contributed by atoms with E-state index in [0.717, 1.165) is 0 Å². The van der Waals surface area contributed by atoms with Gasteiger partial charge in [-0.2, -0.15) is 0 Å². The van der Waals surface area contributed by atoms with Gasteiger partial charge in [0.2, 0.25) is 5.91 Å². The zero-order valence-electron chi connectivity index (χ0n) is 26.4. The standard InChI is InChI=1S/C30H53NO10/c1-11-13-14-29(8,9)40-24-19(34)15-21(39-25(24)26(35)36)38-23-17(3)20(16-32)37-27(22(23)31-18(4)33)41-30(10,12-2)28(5,6)7/h11,13,17,19-25,27,32,34H,12,14-16H2,1-10H3,(H,31,33)(H,35,36)/b13-11-. The number of aliphatic carboxylic acids is 1. The van der Waals surface area contributed by atoms with Crippen LogP contribution in [-0.2, 0) is 33.3 Å². The van der Waals surface area contributed by atoms with Crippen LogP contribution in [0.25, 0.3) is 0 Å². The van der Waals surface area contributed by atoms with E-state index >= 15 is 0 Å². The number of aliphatic hydroxyl groups is 2. The van der Waals surface area contributed by atoms with Crippen LogP contribution in [0.2, 0.25) is 0 Å². The molecule has 238 valence electrons. The molecule has 2 aliphatic rings. The van der Waals surface area contributed by atoms with Crippen LogP contribution in [-0.4, -0.2) is 94.1 Å². The summed E-state index contributed by atoms with van der Waals surface area (Å²) in [5.41, 5.74) is -1.69. The van der Waals surface area contributed by atoms with Crippen molar-refractivity contribution in [3.63, 3.8) is 0 Å². The van der Waals surface area contributed by atoms with Crippen LogP contribution >= 0.6 is 0 Å². The highest BCUT2D eigenvalue weighted by Gasteiger charge is 2.52. The Bertz CT molecular complexity index is 902. The van der Waals surface area contributed by atoms with Crippen molar-refractivity contribution in [2.24, 2.45) is 11.3 Å². The molecule has 11 nitrogen and oxygen atoms in total. The number of carboxylic acid groups (broad SMARTS) is 1. The molecule has 0 bridgehead atoms. The van der Waals surface area contributed by atoms with Gasteiger partial charge in [-0.1, -0.05) is 46.8 Å². The number of allylic oxidation sites excluding steroid dienone is 1. The Morgan fingerprint density at radius 2 is 1.71 bits per heavy atom. The maximum absolute atomic E-state index is 12.3. The summed E-state index contributed by atoms with van der Waals surface area (Å²) < 4.78 is 31.0. The molecular weight excluding hydrogens is 534 g/mol. The van der Waals surface area contributed by atoms with E-state index in [1.54, 1.807) is 0 Å². The molecule has 0 spiro atoms. The Labute approximate surface area is 244 Å².